The molecule has 0 spiro atoms. The second kappa shape index (κ2) is 8.08. The number of carbonyl (C=O) groups is 1. The summed E-state index contributed by atoms with van der Waals surface area (Å²) >= 11 is 0. The fourth-order valence-electron chi connectivity index (χ4n) is 4.11. The number of amides is 1. The lowest BCUT2D eigenvalue weighted by Gasteiger charge is -2.35. The molecule has 3 heterocycles. The number of para-hydroxylation sites is 2. The monoisotopic (exact) mass is 433 g/mol. The van der Waals surface area contributed by atoms with Gasteiger partial charge in [0.1, 0.15) is 22.7 Å². The molecule has 0 atom stereocenters. The van der Waals surface area contributed by atoms with Gasteiger partial charge in [-0.2, -0.15) is 0 Å². The zero-order valence-electron chi connectivity index (χ0n) is 17.8. The molecule has 0 radical (unpaired) electrons. The Balaban J connectivity index is 1.39. The Morgan fingerprint density at radius 2 is 1.88 bits per heavy atom. The number of hydrogen-bond acceptors (Lipinski definition) is 6. The molecule has 164 valence electrons. The third kappa shape index (κ3) is 3.60. The number of nitrogens with two attached hydrogens (primary N) is 1. The molecule has 8 nitrogen and oxygen atoms in total. The highest BCUT2D eigenvalue weighted by molar-refractivity contribution is 5.97. The molecule has 0 aliphatic carbocycles. The first-order valence-electron chi connectivity index (χ1n) is 10.5. The number of nitrogen functional groups attached to an aromatic ring is 1. The second-order valence-corrected chi connectivity index (χ2v) is 8.03. The van der Waals surface area contributed by atoms with Gasteiger partial charge in [0.15, 0.2) is 0 Å². The number of rotatable bonds is 4. The molecule has 0 saturated carbocycles. The normalized spacial score (nSPS) is 14.9. The van der Waals surface area contributed by atoms with Crippen LogP contribution in [0.1, 0.15) is 16.1 Å². The lowest BCUT2D eigenvalue weighted by atomic mass is 10.1. The number of anilines is 2. The van der Waals surface area contributed by atoms with Crippen LogP contribution in [0, 0.1) is 5.82 Å². The lowest BCUT2D eigenvalue weighted by Crippen LogP contribution is -2.45. The molecule has 2 aromatic carbocycles. The minimum Gasteiger partial charge on any atom is -0.369 e. The molecule has 9 heteroatoms. The average Bonchev–Trinajstić information content (AvgIpc) is 3.26. The van der Waals surface area contributed by atoms with Crippen molar-refractivity contribution in [3.8, 4) is 0 Å². The Kier molecular flexibility index (Phi) is 5.10. The van der Waals surface area contributed by atoms with E-state index in [2.05, 4.69) is 38.2 Å². The average molecular weight is 433 g/mol. The van der Waals surface area contributed by atoms with Gasteiger partial charge in [0, 0.05) is 50.0 Å². The van der Waals surface area contributed by atoms with Gasteiger partial charge in [0.25, 0.3) is 5.91 Å². The third-order valence-electron chi connectivity index (χ3n) is 5.91. The molecule has 4 aromatic rings. The number of carbonyl (C=O) groups excluding carboxylic acids is 1. The number of hydrogen-bond donors (Lipinski definition) is 2. The van der Waals surface area contributed by atoms with E-state index in [1.165, 1.54) is 16.7 Å². The van der Waals surface area contributed by atoms with Crippen LogP contribution in [0.3, 0.4) is 0 Å². The fourth-order valence-corrected chi connectivity index (χ4v) is 4.11. The summed E-state index contributed by atoms with van der Waals surface area (Å²) in [6.45, 7) is 4.28. The Hall–Kier alpha value is -3.72. The van der Waals surface area contributed by atoms with Crippen molar-refractivity contribution in [2.75, 3.05) is 43.9 Å². The number of benzene rings is 2. The molecule has 1 aliphatic rings. The Labute approximate surface area is 184 Å². The highest BCUT2D eigenvalue weighted by atomic mass is 19.1. The van der Waals surface area contributed by atoms with Gasteiger partial charge in [-0.25, -0.2) is 14.4 Å². The van der Waals surface area contributed by atoms with Gasteiger partial charge in [0.2, 0.25) is 5.95 Å². The van der Waals surface area contributed by atoms with Crippen LogP contribution in [-0.4, -0.2) is 58.4 Å². The van der Waals surface area contributed by atoms with Crippen LogP contribution in [0.15, 0.2) is 48.7 Å². The molecule has 32 heavy (non-hydrogen) atoms. The van der Waals surface area contributed by atoms with Gasteiger partial charge in [-0.15, -0.1) is 0 Å². The largest absolute Gasteiger partial charge is 0.369 e. The SMILES string of the molecule is CN1CCN(c2ccccc2CNC(=O)c2cn3c(N)nc4c(F)cccc4c3n2)CC1. The summed E-state index contributed by atoms with van der Waals surface area (Å²) in [5.74, 6) is -0.735. The molecule has 1 aliphatic heterocycles. The van der Waals surface area contributed by atoms with Gasteiger partial charge in [-0.1, -0.05) is 24.3 Å². The third-order valence-corrected chi connectivity index (χ3v) is 5.91. The lowest BCUT2D eigenvalue weighted by molar-refractivity contribution is 0.0946. The first kappa shape index (κ1) is 20.2. The van der Waals surface area contributed by atoms with Crippen molar-refractivity contribution in [2.45, 2.75) is 6.54 Å². The van der Waals surface area contributed by atoms with Crippen LogP contribution >= 0.6 is 0 Å². The summed E-state index contributed by atoms with van der Waals surface area (Å²) in [4.78, 5) is 26.1. The summed E-state index contributed by atoms with van der Waals surface area (Å²) in [5.41, 5.74) is 8.90. The molecule has 3 N–H and O–H groups in total. The van der Waals surface area contributed by atoms with Crippen LogP contribution in [0.25, 0.3) is 16.6 Å². The van der Waals surface area contributed by atoms with E-state index in [9.17, 15) is 9.18 Å². The number of imidazole rings is 1. The van der Waals surface area contributed by atoms with E-state index in [0.717, 1.165) is 37.4 Å². The number of likely N-dealkylation sites (N-methyl/N-ethyl adjacent to an activating group) is 1. The number of aromatic nitrogens is 3. The van der Waals surface area contributed by atoms with E-state index >= 15 is 0 Å². The fraction of sp³-hybridized carbons (Fsp3) is 0.261. The van der Waals surface area contributed by atoms with Crippen molar-refractivity contribution in [1.82, 2.24) is 24.6 Å². The van der Waals surface area contributed by atoms with E-state index < -0.39 is 5.82 Å². The van der Waals surface area contributed by atoms with Crippen molar-refractivity contribution in [3.05, 3.63) is 65.7 Å². The highest BCUT2D eigenvalue weighted by Crippen LogP contribution is 2.24. The van der Waals surface area contributed by atoms with E-state index in [0.29, 0.717) is 17.6 Å². The summed E-state index contributed by atoms with van der Waals surface area (Å²) in [6.07, 6.45) is 1.53. The van der Waals surface area contributed by atoms with Crippen molar-refractivity contribution in [1.29, 1.82) is 0 Å². The predicted molar refractivity (Wildman–Crippen MR) is 122 cm³/mol. The molecule has 0 bridgehead atoms. The van der Waals surface area contributed by atoms with Gasteiger partial charge in [0.05, 0.1) is 0 Å². The number of nitrogens with one attached hydrogen (secondary N) is 1. The standard InChI is InChI=1S/C23H24FN7O/c1-29-9-11-30(12-10-29)19-8-3-2-5-15(19)13-26-22(32)18-14-31-21(27-18)16-6-4-7-17(24)20(16)28-23(31)25/h2-8,14H,9-13H2,1H3,(H2,25,28)(H,26,32). The van der Waals surface area contributed by atoms with E-state index in [-0.39, 0.29) is 23.1 Å². The maximum atomic E-state index is 14.1. The second-order valence-electron chi connectivity index (χ2n) is 8.03. The van der Waals surface area contributed by atoms with Crippen molar-refractivity contribution >= 4 is 34.1 Å². The van der Waals surface area contributed by atoms with Crippen molar-refractivity contribution in [2.24, 2.45) is 0 Å². The van der Waals surface area contributed by atoms with Gasteiger partial charge >= 0.3 is 0 Å². The first-order valence-corrected chi connectivity index (χ1v) is 10.5. The maximum absolute atomic E-state index is 14.1. The number of piperazine rings is 1. The van der Waals surface area contributed by atoms with Crippen molar-refractivity contribution in [3.63, 3.8) is 0 Å². The summed E-state index contributed by atoms with van der Waals surface area (Å²) < 4.78 is 15.6. The smallest absolute Gasteiger partial charge is 0.271 e. The molecule has 5 rings (SSSR count). The Bertz CT molecular complexity index is 1310. The highest BCUT2D eigenvalue weighted by Gasteiger charge is 2.19. The molecular weight excluding hydrogens is 409 g/mol. The summed E-state index contributed by atoms with van der Waals surface area (Å²) in [7, 11) is 2.12. The molecule has 0 unspecified atom stereocenters. The zero-order valence-corrected chi connectivity index (χ0v) is 17.8. The van der Waals surface area contributed by atoms with Crippen LogP contribution in [-0.2, 0) is 6.54 Å². The summed E-state index contributed by atoms with van der Waals surface area (Å²) in [6, 6.07) is 12.7. The number of fused-ring (bicyclic) bond motifs is 3. The maximum Gasteiger partial charge on any atom is 0.271 e. The zero-order chi connectivity index (χ0) is 22.2. The molecule has 1 amide bonds. The van der Waals surface area contributed by atoms with E-state index in [4.69, 9.17) is 5.73 Å². The minimum atomic E-state index is -0.480. The Morgan fingerprint density at radius 1 is 1.09 bits per heavy atom. The van der Waals surface area contributed by atoms with Gasteiger partial charge < -0.3 is 20.9 Å². The predicted octanol–water partition coefficient (Wildman–Crippen LogP) is 2.29. The molecule has 2 aromatic heterocycles. The molecular formula is C23H24FN7O. The molecule has 1 saturated heterocycles. The number of halogens is 1. The van der Waals surface area contributed by atoms with Gasteiger partial charge in [-0.3, -0.25) is 9.20 Å². The first-order chi connectivity index (χ1) is 15.5. The van der Waals surface area contributed by atoms with Crippen LogP contribution in [0.2, 0.25) is 0 Å². The van der Waals surface area contributed by atoms with Crippen molar-refractivity contribution < 1.29 is 9.18 Å². The topological polar surface area (TPSA) is 91.8 Å². The van der Waals surface area contributed by atoms with Gasteiger partial charge in [-0.05, 0) is 30.8 Å². The van der Waals surface area contributed by atoms with E-state index in [1.807, 2.05) is 18.2 Å². The molecule has 1 fully saturated rings. The van der Waals surface area contributed by atoms with Crippen LogP contribution in [0.5, 0.6) is 0 Å². The van der Waals surface area contributed by atoms with Crippen LogP contribution < -0.4 is 16.0 Å². The van der Waals surface area contributed by atoms with Crippen LogP contribution in [0.4, 0.5) is 16.0 Å². The number of nitrogens with zero attached hydrogens (tertiary/aromatic N) is 5. The quantitative estimate of drug-likeness (QED) is 0.513. The summed E-state index contributed by atoms with van der Waals surface area (Å²) in [5, 5.41) is 3.45. The minimum absolute atomic E-state index is 0.0737. The van der Waals surface area contributed by atoms with E-state index in [1.54, 1.807) is 12.1 Å². The Morgan fingerprint density at radius 3 is 2.69 bits per heavy atom.